The van der Waals surface area contributed by atoms with E-state index < -0.39 is 0 Å². The molecule has 3 rings (SSSR count). The topological polar surface area (TPSA) is 71.1 Å². The van der Waals surface area contributed by atoms with E-state index in [2.05, 4.69) is 17.1 Å². The monoisotopic (exact) mass is 403 g/mol. The number of benzene rings is 1. The van der Waals surface area contributed by atoms with E-state index in [9.17, 15) is 9.59 Å². The highest BCUT2D eigenvalue weighted by Crippen LogP contribution is 2.29. The maximum atomic E-state index is 12.5. The Kier molecular flexibility index (Phi) is 7.00. The molecule has 0 bridgehead atoms. The van der Waals surface area contributed by atoms with Crippen molar-refractivity contribution in [3.8, 4) is 11.5 Å². The van der Waals surface area contributed by atoms with E-state index >= 15 is 0 Å². The van der Waals surface area contributed by atoms with Crippen molar-refractivity contribution < 1.29 is 19.1 Å². The lowest BCUT2D eigenvalue weighted by Crippen LogP contribution is -2.41. The molecule has 0 unspecified atom stereocenters. The number of amides is 2. The van der Waals surface area contributed by atoms with E-state index in [1.165, 1.54) is 0 Å². The maximum absolute atomic E-state index is 12.5. The van der Waals surface area contributed by atoms with E-state index in [-0.39, 0.29) is 29.9 Å². The van der Waals surface area contributed by atoms with E-state index in [0.717, 1.165) is 43.1 Å². The molecule has 0 aliphatic carbocycles. The van der Waals surface area contributed by atoms with Gasteiger partial charge in [-0.1, -0.05) is 6.92 Å². The average molecular weight is 404 g/mol. The van der Waals surface area contributed by atoms with Gasteiger partial charge in [0.1, 0.15) is 17.6 Å². The van der Waals surface area contributed by atoms with Crippen molar-refractivity contribution in [3.05, 3.63) is 23.8 Å². The Morgan fingerprint density at radius 1 is 1.34 bits per heavy atom. The van der Waals surface area contributed by atoms with Crippen molar-refractivity contribution in [1.82, 2.24) is 15.1 Å². The Bertz CT molecular complexity index is 737. The minimum Gasteiger partial charge on any atom is -0.497 e. The van der Waals surface area contributed by atoms with Crippen LogP contribution in [-0.2, 0) is 16.1 Å². The first kappa shape index (κ1) is 21.4. The molecule has 0 saturated carbocycles. The molecule has 160 valence electrons. The summed E-state index contributed by atoms with van der Waals surface area (Å²) in [6.45, 7) is 9.46. The molecule has 1 fully saturated rings. The molecule has 29 heavy (non-hydrogen) atoms. The first-order valence-electron chi connectivity index (χ1n) is 10.5. The van der Waals surface area contributed by atoms with Gasteiger partial charge in [0.2, 0.25) is 11.8 Å². The van der Waals surface area contributed by atoms with Gasteiger partial charge in [0.15, 0.2) is 0 Å². The predicted octanol–water partition coefficient (Wildman–Crippen LogP) is 2.04. The lowest BCUT2D eigenvalue weighted by Gasteiger charge is -2.23. The summed E-state index contributed by atoms with van der Waals surface area (Å²) in [6, 6.07) is 6.05. The smallest absolute Gasteiger partial charge is 0.225 e. The number of hydrogen-bond acceptors (Lipinski definition) is 5. The van der Waals surface area contributed by atoms with Gasteiger partial charge in [0.25, 0.3) is 0 Å². The van der Waals surface area contributed by atoms with E-state index in [1.807, 2.05) is 32.0 Å². The lowest BCUT2D eigenvalue weighted by molar-refractivity contribution is -0.129. The number of rotatable bonds is 7. The van der Waals surface area contributed by atoms with Gasteiger partial charge in [-0.3, -0.25) is 14.5 Å². The number of ether oxygens (including phenoxy) is 2. The molecule has 2 atom stereocenters. The van der Waals surface area contributed by atoms with Crippen LogP contribution in [0.15, 0.2) is 18.2 Å². The second kappa shape index (κ2) is 9.48. The van der Waals surface area contributed by atoms with Gasteiger partial charge in [0.05, 0.1) is 13.0 Å². The Morgan fingerprint density at radius 3 is 2.79 bits per heavy atom. The molecule has 2 heterocycles. The van der Waals surface area contributed by atoms with Crippen molar-refractivity contribution in [2.45, 2.75) is 52.3 Å². The molecule has 7 heteroatoms. The van der Waals surface area contributed by atoms with Crippen LogP contribution in [0.3, 0.4) is 0 Å². The molecule has 1 saturated heterocycles. The summed E-state index contributed by atoms with van der Waals surface area (Å²) < 4.78 is 11.5. The number of methoxy groups -OCH3 is 1. The first-order chi connectivity index (χ1) is 13.9. The van der Waals surface area contributed by atoms with Gasteiger partial charge in [-0.15, -0.1) is 0 Å². The van der Waals surface area contributed by atoms with Crippen LogP contribution in [0, 0.1) is 5.92 Å². The molecule has 1 N–H and O–H groups in total. The number of nitrogens with zero attached hydrogens (tertiary/aromatic N) is 2. The van der Waals surface area contributed by atoms with Gasteiger partial charge in [0, 0.05) is 50.7 Å². The molecule has 2 aliphatic heterocycles. The summed E-state index contributed by atoms with van der Waals surface area (Å²) in [6.07, 6.45) is 1.35. The first-order valence-corrected chi connectivity index (χ1v) is 10.5. The van der Waals surface area contributed by atoms with Gasteiger partial charge >= 0.3 is 0 Å². The van der Waals surface area contributed by atoms with Crippen LogP contribution in [-0.4, -0.2) is 67.0 Å². The molecule has 7 nitrogen and oxygen atoms in total. The van der Waals surface area contributed by atoms with Crippen LogP contribution >= 0.6 is 0 Å². The lowest BCUT2D eigenvalue weighted by atomic mass is 10.1. The zero-order valence-corrected chi connectivity index (χ0v) is 17.9. The third-order valence-corrected chi connectivity index (χ3v) is 5.75. The summed E-state index contributed by atoms with van der Waals surface area (Å²) >= 11 is 0. The fraction of sp³-hybridized carbons (Fsp3) is 0.636. The Balaban J connectivity index is 1.55. The maximum Gasteiger partial charge on any atom is 0.225 e. The molecule has 0 radical (unpaired) electrons. The SMILES string of the molecule is CC[C@H]1CN(CCNC(=O)[C@H]2CC(=O)N(C(C)C)C2)Cc2cc(OC)ccc2O1. The number of fused-ring (bicyclic) bond motifs is 1. The van der Waals surface area contributed by atoms with Crippen LogP contribution < -0.4 is 14.8 Å². The van der Waals surface area contributed by atoms with Crippen LogP contribution in [0.4, 0.5) is 0 Å². The van der Waals surface area contributed by atoms with Crippen LogP contribution in [0.25, 0.3) is 0 Å². The number of likely N-dealkylation sites (tertiary alicyclic amines) is 1. The summed E-state index contributed by atoms with van der Waals surface area (Å²) in [5.74, 6) is 1.52. The highest BCUT2D eigenvalue weighted by atomic mass is 16.5. The quantitative estimate of drug-likeness (QED) is 0.754. The van der Waals surface area contributed by atoms with E-state index in [0.29, 0.717) is 19.5 Å². The predicted molar refractivity (Wildman–Crippen MR) is 111 cm³/mol. The molecule has 1 aromatic carbocycles. The van der Waals surface area contributed by atoms with Gasteiger partial charge < -0.3 is 19.7 Å². The zero-order chi connectivity index (χ0) is 21.0. The molecule has 2 amide bonds. The largest absolute Gasteiger partial charge is 0.497 e. The molecule has 2 aliphatic rings. The Labute approximate surface area is 173 Å². The Morgan fingerprint density at radius 2 is 2.14 bits per heavy atom. The van der Waals surface area contributed by atoms with Crippen molar-refractivity contribution in [3.63, 3.8) is 0 Å². The highest BCUT2D eigenvalue weighted by molar-refractivity contribution is 5.89. The van der Waals surface area contributed by atoms with Gasteiger partial charge in [-0.2, -0.15) is 0 Å². The van der Waals surface area contributed by atoms with E-state index in [4.69, 9.17) is 9.47 Å². The van der Waals surface area contributed by atoms with Crippen LogP contribution in [0.2, 0.25) is 0 Å². The van der Waals surface area contributed by atoms with Crippen LogP contribution in [0.5, 0.6) is 11.5 Å². The van der Waals surface area contributed by atoms with Gasteiger partial charge in [-0.25, -0.2) is 0 Å². The minimum atomic E-state index is -0.245. The summed E-state index contributed by atoms with van der Waals surface area (Å²) in [4.78, 5) is 28.7. The zero-order valence-electron chi connectivity index (χ0n) is 17.9. The van der Waals surface area contributed by atoms with Crippen molar-refractivity contribution >= 4 is 11.8 Å². The highest BCUT2D eigenvalue weighted by Gasteiger charge is 2.35. The van der Waals surface area contributed by atoms with Crippen molar-refractivity contribution in [2.24, 2.45) is 5.92 Å². The van der Waals surface area contributed by atoms with Crippen LogP contribution in [0.1, 0.15) is 39.2 Å². The second-order valence-electron chi connectivity index (χ2n) is 8.19. The fourth-order valence-electron chi connectivity index (χ4n) is 4.00. The third-order valence-electron chi connectivity index (χ3n) is 5.75. The Hall–Kier alpha value is -2.28. The normalized spacial score (nSPS) is 22.2. The number of carbonyl (C=O) groups excluding carboxylic acids is 2. The molecule has 0 spiro atoms. The van der Waals surface area contributed by atoms with Crippen molar-refractivity contribution in [1.29, 1.82) is 0 Å². The van der Waals surface area contributed by atoms with E-state index in [1.54, 1.807) is 12.0 Å². The van der Waals surface area contributed by atoms with Gasteiger partial charge in [-0.05, 0) is 38.5 Å². The second-order valence-corrected chi connectivity index (χ2v) is 8.19. The number of carbonyl (C=O) groups is 2. The standard InChI is InChI=1S/C22H33N3O4/c1-5-18-14-24(12-16-10-19(28-4)6-7-20(16)29-18)9-8-23-22(27)17-11-21(26)25(13-17)15(2)3/h6-7,10,15,17-18H,5,8-9,11-14H2,1-4H3,(H,23,27)/t17-,18-/m0/s1. The average Bonchev–Trinajstić information content (AvgIpc) is 3.00. The third kappa shape index (κ3) is 5.21. The molecular formula is C22H33N3O4. The summed E-state index contributed by atoms with van der Waals surface area (Å²) in [7, 11) is 1.66. The summed E-state index contributed by atoms with van der Waals surface area (Å²) in [5.41, 5.74) is 1.10. The van der Waals surface area contributed by atoms with Crippen molar-refractivity contribution in [2.75, 3.05) is 33.3 Å². The summed E-state index contributed by atoms with van der Waals surface area (Å²) in [5, 5.41) is 3.03. The fourth-order valence-corrected chi connectivity index (χ4v) is 4.00. The number of hydrogen-bond donors (Lipinski definition) is 1. The molecule has 0 aromatic heterocycles. The minimum absolute atomic E-state index is 0.0262. The molecular weight excluding hydrogens is 370 g/mol. The number of nitrogens with one attached hydrogen (secondary N) is 1. The molecule has 1 aromatic rings.